The van der Waals surface area contributed by atoms with Gasteiger partial charge in [-0.1, -0.05) is 15.9 Å². The lowest BCUT2D eigenvalue weighted by molar-refractivity contribution is -0.389. The van der Waals surface area contributed by atoms with E-state index < -0.39 is 22.5 Å². The summed E-state index contributed by atoms with van der Waals surface area (Å²) >= 11 is 2.85. The van der Waals surface area contributed by atoms with Crippen LogP contribution in [0.25, 0.3) is 0 Å². The predicted octanol–water partition coefficient (Wildman–Crippen LogP) is 2.90. The zero-order valence-corrected chi connectivity index (χ0v) is 8.67. The number of alkyl halides is 4. The van der Waals surface area contributed by atoms with E-state index in [9.17, 15) is 23.3 Å². The van der Waals surface area contributed by atoms with Crippen LogP contribution in [-0.4, -0.2) is 9.91 Å². The highest BCUT2D eigenvalue weighted by atomic mass is 79.9. The van der Waals surface area contributed by atoms with Crippen molar-refractivity contribution in [2.75, 3.05) is 0 Å². The summed E-state index contributed by atoms with van der Waals surface area (Å²) in [7, 11) is 0. The van der Waals surface area contributed by atoms with Gasteiger partial charge in [-0.15, -0.1) is 0 Å². The number of nitro groups is 1. The van der Waals surface area contributed by atoms with Gasteiger partial charge in [0.1, 0.15) is 6.20 Å². The highest BCUT2D eigenvalue weighted by Crippen LogP contribution is 2.34. The van der Waals surface area contributed by atoms with Crippen LogP contribution in [0.15, 0.2) is 12.3 Å². The second-order valence-corrected chi connectivity index (χ2v) is 3.15. The molecule has 1 aromatic rings. The first kappa shape index (κ1) is 11.9. The Bertz CT molecular complexity index is 394. The standard InChI is InChI=1S/C7H4BrF3N2O2/c8-2-4-3-12-6(13(14)15)1-5(4)7(9,10)11/h1,3H,2H2. The molecular formula is C7H4BrF3N2O2. The second kappa shape index (κ2) is 4.13. The average Bonchev–Trinajstić information content (AvgIpc) is 2.15. The van der Waals surface area contributed by atoms with Crippen molar-refractivity contribution in [1.29, 1.82) is 0 Å². The smallest absolute Gasteiger partial charge is 0.358 e. The Morgan fingerprint density at radius 2 is 2.13 bits per heavy atom. The highest BCUT2D eigenvalue weighted by molar-refractivity contribution is 9.08. The summed E-state index contributed by atoms with van der Waals surface area (Å²) in [6.07, 6.45) is -3.77. The molecule has 0 aliphatic rings. The number of hydrogen-bond donors (Lipinski definition) is 0. The fourth-order valence-corrected chi connectivity index (χ4v) is 1.39. The van der Waals surface area contributed by atoms with E-state index in [1.54, 1.807) is 0 Å². The maximum absolute atomic E-state index is 12.4. The molecule has 0 aromatic carbocycles. The summed E-state index contributed by atoms with van der Waals surface area (Å²) in [5.41, 5.74) is -1.17. The molecule has 4 nitrogen and oxygen atoms in total. The fourth-order valence-electron chi connectivity index (χ4n) is 0.943. The molecule has 0 amide bonds. The maximum Gasteiger partial charge on any atom is 0.417 e. The minimum atomic E-state index is -4.61. The van der Waals surface area contributed by atoms with Gasteiger partial charge in [0.25, 0.3) is 0 Å². The van der Waals surface area contributed by atoms with Crippen molar-refractivity contribution >= 4 is 21.7 Å². The topological polar surface area (TPSA) is 56.0 Å². The molecule has 1 heterocycles. The first-order valence-electron chi connectivity index (χ1n) is 3.62. The molecule has 0 bridgehead atoms. The lowest BCUT2D eigenvalue weighted by atomic mass is 10.1. The summed E-state index contributed by atoms with van der Waals surface area (Å²) in [5, 5.41) is 10.2. The first-order chi connectivity index (χ1) is 6.86. The van der Waals surface area contributed by atoms with Gasteiger partial charge < -0.3 is 10.1 Å². The highest BCUT2D eigenvalue weighted by Gasteiger charge is 2.35. The molecule has 1 rings (SSSR count). The number of halogens is 4. The maximum atomic E-state index is 12.4. The Kier molecular flexibility index (Phi) is 3.28. The van der Waals surface area contributed by atoms with E-state index in [1.165, 1.54) is 0 Å². The van der Waals surface area contributed by atoms with Crippen molar-refractivity contribution in [2.24, 2.45) is 0 Å². The molecule has 82 valence electrons. The molecular weight excluding hydrogens is 281 g/mol. The van der Waals surface area contributed by atoms with Crippen molar-refractivity contribution in [3.8, 4) is 0 Å². The first-order valence-corrected chi connectivity index (χ1v) is 4.75. The molecule has 15 heavy (non-hydrogen) atoms. The van der Waals surface area contributed by atoms with E-state index >= 15 is 0 Å². The van der Waals surface area contributed by atoms with Gasteiger partial charge in [0.05, 0.1) is 5.56 Å². The summed E-state index contributed by atoms with van der Waals surface area (Å²) < 4.78 is 37.2. The van der Waals surface area contributed by atoms with Crippen LogP contribution in [0.4, 0.5) is 19.0 Å². The third kappa shape index (κ3) is 2.65. The van der Waals surface area contributed by atoms with Gasteiger partial charge in [0.15, 0.2) is 0 Å². The molecule has 0 unspecified atom stereocenters. The van der Waals surface area contributed by atoms with Crippen LogP contribution < -0.4 is 0 Å². The monoisotopic (exact) mass is 284 g/mol. The minimum Gasteiger partial charge on any atom is -0.358 e. The number of hydrogen-bond acceptors (Lipinski definition) is 3. The van der Waals surface area contributed by atoms with Gasteiger partial charge >= 0.3 is 12.0 Å². The molecule has 0 radical (unpaired) electrons. The van der Waals surface area contributed by atoms with Crippen molar-refractivity contribution < 1.29 is 18.1 Å². The van der Waals surface area contributed by atoms with Crippen LogP contribution in [0.1, 0.15) is 11.1 Å². The molecule has 0 atom stereocenters. The molecule has 0 fully saturated rings. The molecule has 8 heteroatoms. The summed E-state index contributed by atoms with van der Waals surface area (Å²) in [6, 6.07) is 0.427. The third-order valence-electron chi connectivity index (χ3n) is 1.61. The van der Waals surface area contributed by atoms with E-state index in [4.69, 9.17) is 0 Å². The Morgan fingerprint density at radius 1 is 1.53 bits per heavy atom. The van der Waals surface area contributed by atoms with Crippen LogP contribution in [0.2, 0.25) is 0 Å². The zero-order chi connectivity index (χ0) is 11.6. The summed E-state index contributed by atoms with van der Waals surface area (Å²) in [5.74, 6) is -0.813. The van der Waals surface area contributed by atoms with Crippen molar-refractivity contribution in [3.63, 3.8) is 0 Å². The normalized spacial score (nSPS) is 11.5. The van der Waals surface area contributed by atoms with Crippen LogP contribution >= 0.6 is 15.9 Å². The third-order valence-corrected chi connectivity index (χ3v) is 2.21. The lowest BCUT2D eigenvalue weighted by Gasteiger charge is -2.08. The Balaban J connectivity index is 3.32. The van der Waals surface area contributed by atoms with Crippen LogP contribution in [-0.2, 0) is 11.5 Å². The molecule has 0 N–H and O–H groups in total. The summed E-state index contributed by atoms with van der Waals surface area (Å²) in [6.45, 7) is 0. The van der Waals surface area contributed by atoms with Crippen molar-refractivity contribution in [1.82, 2.24) is 4.98 Å². The number of rotatable bonds is 2. The van der Waals surface area contributed by atoms with Gasteiger partial charge in [-0.25, -0.2) is 0 Å². The molecule has 0 saturated heterocycles. The minimum absolute atomic E-state index is 0.0627. The Morgan fingerprint density at radius 3 is 2.53 bits per heavy atom. The van der Waals surface area contributed by atoms with Crippen LogP contribution in [0.5, 0.6) is 0 Å². The molecule has 0 aliphatic carbocycles. The van der Waals surface area contributed by atoms with E-state index in [1.807, 2.05) is 0 Å². The molecule has 0 spiro atoms. The van der Waals surface area contributed by atoms with Crippen molar-refractivity contribution in [2.45, 2.75) is 11.5 Å². The average molecular weight is 285 g/mol. The number of aromatic nitrogens is 1. The van der Waals surface area contributed by atoms with Gasteiger partial charge in [-0.2, -0.15) is 13.2 Å². The molecule has 0 saturated carbocycles. The van der Waals surface area contributed by atoms with E-state index in [0.717, 1.165) is 6.20 Å². The van der Waals surface area contributed by atoms with E-state index in [0.29, 0.717) is 6.07 Å². The predicted molar refractivity (Wildman–Crippen MR) is 48.5 cm³/mol. The second-order valence-electron chi connectivity index (χ2n) is 2.59. The van der Waals surface area contributed by atoms with Crippen LogP contribution in [0, 0.1) is 10.1 Å². The van der Waals surface area contributed by atoms with E-state index in [2.05, 4.69) is 20.9 Å². The SMILES string of the molecule is O=[N+]([O-])c1cc(C(F)(F)F)c(CBr)cn1. The molecule has 0 aliphatic heterocycles. The Hall–Kier alpha value is -1.18. The fraction of sp³-hybridized carbons (Fsp3) is 0.286. The zero-order valence-electron chi connectivity index (χ0n) is 7.08. The largest absolute Gasteiger partial charge is 0.417 e. The van der Waals surface area contributed by atoms with Gasteiger partial charge in [-0.05, 0) is 9.91 Å². The number of pyridine rings is 1. The number of nitrogens with zero attached hydrogens (tertiary/aromatic N) is 2. The quantitative estimate of drug-likeness (QED) is 0.477. The molecule has 1 aromatic heterocycles. The lowest BCUT2D eigenvalue weighted by Crippen LogP contribution is -2.10. The van der Waals surface area contributed by atoms with Crippen molar-refractivity contribution in [3.05, 3.63) is 33.5 Å². The van der Waals surface area contributed by atoms with Gasteiger partial charge in [0.2, 0.25) is 0 Å². The Labute approximate surface area is 90.4 Å². The van der Waals surface area contributed by atoms with Gasteiger partial charge in [0, 0.05) is 17.0 Å². The summed E-state index contributed by atoms with van der Waals surface area (Å²) in [4.78, 5) is 12.6. The van der Waals surface area contributed by atoms with Crippen LogP contribution in [0.3, 0.4) is 0 Å². The van der Waals surface area contributed by atoms with E-state index in [-0.39, 0.29) is 10.9 Å². The van der Waals surface area contributed by atoms with Gasteiger partial charge in [-0.3, -0.25) is 0 Å².